The van der Waals surface area contributed by atoms with Crippen LogP contribution in [0.5, 0.6) is 0 Å². The summed E-state index contributed by atoms with van der Waals surface area (Å²) in [4.78, 5) is 40.6. The first-order valence-corrected chi connectivity index (χ1v) is 9.72. The fraction of sp³-hybridized carbons (Fsp3) is 0.500. The third-order valence-corrected chi connectivity index (χ3v) is 4.49. The van der Waals surface area contributed by atoms with Gasteiger partial charge < -0.3 is 15.0 Å². The summed E-state index contributed by atoms with van der Waals surface area (Å²) < 4.78 is 5.44. The number of terminal acetylenes is 1. The number of nitrogens with zero attached hydrogens (tertiary/aromatic N) is 2. The Hall–Kier alpha value is -3.01. The van der Waals surface area contributed by atoms with Gasteiger partial charge in [0.2, 0.25) is 11.8 Å². The van der Waals surface area contributed by atoms with Crippen molar-refractivity contribution in [2.45, 2.75) is 51.7 Å². The lowest BCUT2D eigenvalue weighted by Crippen LogP contribution is -2.54. The summed E-state index contributed by atoms with van der Waals surface area (Å²) in [6.45, 7) is 5.70. The van der Waals surface area contributed by atoms with E-state index in [0.717, 1.165) is 12.8 Å². The smallest absolute Gasteiger partial charge is 0.410 e. The van der Waals surface area contributed by atoms with E-state index in [1.807, 2.05) is 0 Å². The molecule has 1 aromatic carbocycles. The summed E-state index contributed by atoms with van der Waals surface area (Å²) in [6, 6.07) is 6.30. The molecule has 7 nitrogen and oxygen atoms in total. The molecule has 0 radical (unpaired) electrons. The van der Waals surface area contributed by atoms with Crippen LogP contribution in [0.3, 0.4) is 0 Å². The molecule has 0 aliphatic carbocycles. The molecule has 0 spiro atoms. The van der Waals surface area contributed by atoms with E-state index in [9.17, 15) is 14.4 Å². The van der Waals surface area contributed by atoms with Crippen LogP contribution in [-0.4, -0.2) is 59.5 Å². The Morgan fingerprint density at radius 3 is 2.69 bits per heavy atom. The van der Waals surface area contributed by atoms with Gasteiger partial charge in [0.05, 0.1) is 6.54 Å². The average molecular weight is 399 g/mol. The Morgan fingerprint density at radius 2 is 2.03 bits per heavy atom. The molecule has 0 bridgehead atoms. The Balaban J connectivity index is 2.00. The van der Waals surface area contributed by atoms with Crippen LogP contribution in [0.1, 0.15) is 45.6 Å². The summed E-state index contributed by atoms with van der Waals surface area (Å²) in [6.07, 6.45) is 7.08. The maximum Gasteiger partial charge on any atom is 0.410 e. The molecular weight excluding hydrogens is 370 g/mol. The number of nitrogens with one attached hydrogen (secondary N) is 1. The number of hydrogen-bond acceptors (Lipinski definition) is 4. The van der Waals surface area contributed by atoms with Crippen LogP contribution in [0.25, 0.3) is 0 Å². The lowest BCUT2D eigenvalue weighted by Gasteiger charge is -2.37. The number of hydrogen-bond donors (Lipinski definition) is 1. The van der Waals surface area contributed by atoms with Crippen molar-refractivity contribution in [1.29, 1.82) is 0 Å². The Morgan fingerprint density at radius 1 is 1.31 bits per heavy atom. The molecule has 1 atom stereocenters. The number of carbonyl (C=O) groups is 3. The minimum Gasteiger partial charge on any atom is -0.444 e. The predicted octanol–water partition coefficient (Wildman–Crippen LogP) is 2.85. The molecule has 0 saturated carbocycles. The van der Waals surface area contributed by atoms with Crippen molar-refractivity contribution >= 4 is 23.6 Å². The summed E-state index contributed by atoms with van der Waals surface area (Å²) in [5.74, 6) is 1.90. The molecule has 1 aliphatic rings. The van der Waals surface area contributed by atoms with Gasteiger partial charge in [-0.15, -0.1) is 6.42 Å². The molecule has 3 amide bonds. The van der Waals surface area contributed by atoms with E-state index in [1.165, 1.54) is 9.80 Å². The van der Waals surface area contributed by atoms with E-state index < -0.39 is 17.7 Å². The normalized spacial score (nSPS) is 16.5. The highest BCUT2D eigenvalue weighted by Crippen LogP contribution is 2.22. The maximum absolute atomic E-state index is 12.9. The van der Waals surface area contributed by atoms with Gasteiger partial charge in [0, 0.05) is 24.8 Å². The van der Waals surface area contributed by atoms with Crippen LogP contribution < -0.4 is 5.32 Å². The second-order valence-electron chi connectivity index (χ2n) is 8.15. The van der Waals surface area contributed by atoms with Gasteiger partial charge in [-0.25, -0.2) is 4.79 Å². The van der Waals surface area contributed by atoms with Crippen molar-refractivity contribution in [3.8, 4) is 12.3 Å². The van der Waals surface area contributed by atoms with Crippen LogP contribution in [0.4, 0.5) is 10.5 Å². The molecule has 1 N–H and O–H groups in total. The molecule has 7 heteroatoms. The maximum atomic E-state index is 12.9. The minimum absolute atomic E-state index is 0.127. The topological polar surface area (TPSA) is 79.0 Å². The van der Waals surface area contributed by atoms with Crippen molar-refractivity contribution in [3.05, 3.63) is 29.8 Å². The molecule has 1 aromatic rings. The highest BCUT2D eigenvalue weighted by atomic mass is 16.6. The number of benzene rings is 1. The third-order valence-electron chi connectivity index (χ3n) is 4.49. The number of amides is 3. The summed E-state index contributed by atoms with van der Waals surface area (Å²) in [5, 5.41) is 2.74. The number of likely N-dealkylation sites (N-methyl/N-ethyl adjacent to an activating group) is 1. The van der Waals surface area contributed by atoms with Crippen LogP contribution >= 0.6 is 0 Å². The second kappa shape index (κ2) is 9.46. The lowest BCUT2D eigenvalue weighted by atomic mass is 10.0. The summed E-state index contributed by atoms with van der Waals surface area (Å²) in [5.41, 5.74) is 0.586. The number of piperidine rings is 1. The van der Waals surface area contributed by atoms with Gasteiger partial charge in [0.15, 0.2) is 0 Å². The number of rotatable bonds is 4. The lowest BCUT2D eigenvalue weighted by molar-refractivity contribution is -0.139. The van der Waals surface area contributed by atoms with E-state index in [2.05, 4.69) is 11.2 Å². The molecule has 1 fully saturated rings. The van der Waals surface area contributed by atoms with Gasteiger partial charge >= 0.3 is 6.09 Å². The second-order valence-corrected chi connectivity index (χ2v) is 8.15. The molecular formula is C22H29N3O4. The monoisotopic (exact) mass is 399 g/mol. The largest absolute Gasteiger partial charge is 0.444 e. The molecule has 0 aromatic heterocycles. The molecule has 29 heavy (non-hydrogen) atoms. The van der Waals surface area contributed by atoms with Gasteiger partial charge in [-0.05, 0) is 58.2 Å². The van der Waals surface area contributed by atoms with Gasteiger partial charge in [0.1, 0.15) is 11.6 Å². The van der Waals surface area contributed by atoms with E-state index in [0.29, 0.717) is 24.2 Å². The van der Waals surface area contributed by atoms with Crippen LogP contribution in [-0.2, 0) is 14.3 Å². The Bertz CT molecular complexity index is 807. The molecule has 1 saturated heterocycles. The van der Waals surface area contributed by atoms with Gasteiger partial charge in [-0.1, -0.05) is 12.0 Å². The van der Waals surface area contributed by atoms with Crippen LogP contribution in [0, 0.1) is 12.3 Å². The van der Waals surface area contributed by atoms with Crippen molar-refractivity contribution in [3.63, 3.8) is 0 Å². The fourth-order valence-electron chi connectivity index (χ4n) is 3.16. The highest BCUT2D eigenvalue weighted by molar-refractivity contribution is 5.95. The zero-order valence-electron chi connectivity index (χ0n) is 17.5. The first kappa shape index (κ1) is 22.3. The molecule has 2 rings (SSSR count). The Kier molecular flexibility index (Phi) is 7.27. The summed E-state index contributed by atoms with van der Waals surface area (Å²) in [7, 11) is 1.56. The number of likely N-dealkylation sites (tertiary alicyclic amines) is 1. The van der Waals surface area contributed by atoms with E-state index in [4.69, 9.17) is 11.2 Å². The number of anilines is 1. The summed E-state index contributed by atoms with van der Waals surface area (Å²) >= 11 is 0. The number of ether oxygens (including phenoxy) is 1. The van der Waals surface area contributed by atoms with Crippen LogP contribution in [0.15, 0.2) is 24.3 Å². The van der Waals surface area contributed by atoms with Crippen molar-refractivity contribution in [2.75, 3.05) is 25.5 Å². The van der Waals surface area contributed by atoms with Crippen molar-refractivity contribution < 1.29 is 19.1 Å². The van der Waals surface area contributed by atoms with E-state index in [-0.39, 0.29) is 18.4 Å². The molecule has 156 valence electrons. The van der Waals surface area contributed by atoms with Gasteiger partial charge in [-0.2, -0.15) is 0 Å². The minimum atomic E-state index is -0.638. The Labute approximate surface area is 172 Å². The van der Waals surface area contributed by atoms with E-state index >= 15 is 0 Å². The fourth-order valence-corrected chi connectivity index (χ4v) is 3.16. The standard InChI is InChI=1S/C22H29N3O4/c1-6-16-10-9-11-17(14-16)23-19(26)15-24(5)20(27)18-12-7-8-13-25(18)21(28)29-22(2,3)4/h1,9-11,14,18H,7-8,12-13,15H2,2-5H3,(H,23,26). The van der Waals surface area contributed by atoms with Crippen molar-refractivity contribution in [1.82, 2.24) is 9.80 Å². The van der Waals surface area contributed by atoms with Crippen LogP contribution in [0.2, 0.25) is 0 Å². The quantitative estimate of drug-likeness (QED) is 0.790. The average Bonchev–Trinajstić information content (AvgIpc) is 2.66. The van der Waals surface area contributed by atoms with Gasteiger partial charge in [-0.3, -0.25) is 14.5 Å². The third kappa shape index (κ3) is 6.53. The molecule has 1 heterocycles. The predicted molar refractivity (Wildman–Crippen MR) is 111 cm³/mol. The zero-order chi connectivity index (χ0) is 21.6. The zero-order valence-corrected chi connectivity index (χ0v) is 17.5. The highest BCUT2D eigenvalue weighted by Gasteiger charge is 2.36. The molecule has 1 unspecified atom stereocenters. The number of carbonyl (C=O) groups excluding carboxylic acids is 3. The first-order chi connectivity index (χ1) is 13.6. The molecule has 1 aliphatic heterocycles. The van der Waals surface area contributed by atoms with Gasteiger partial charge in [0.25, 0.3) is 0 Å². The first-order valence-electron chi connectivity index (χ1n) is 9.72. The van der Waals surface area contributed by atoms with Crippen molar-refractivity contribution in [2.24, 2.45) is 0 Å². The SMILES string of the molecule is C#Cc1cccc(NC(=O)CN(C)C(=O)C2CCCCN2C(=O)OC(C)(C)C)c1. The van der Waals surface area contributed by atoms with E-state index in [1.54, 1.807) is 52.1 Å².